The summed E-state index contributed by atoms with van der Waals surface area (Å²) in [5, 5.41) is 12.5. The highest BCUT2D eigenvalue weighted by Gasteiger charge is 2.38. The van der Waals surface area contributed by atoms with Crippen LogP contribution in [-0.4, -0.2) is 46.6 Å². The van der Waals surface area contributed by atoms with Crippen LogP contribution >= 0.6 is 0 Å². The molecule has 19 heavy (non-hydrogen) atoms. The van der Waals surface area contributed by atoms with E-state index in [-0.39, 0.29) is 18.5 Å². The van der Waals surface area contributed by atoms with Crippen molar-refractivity contribution in [2.24, 2.45) is 5.92 Å². The van der Waals surface area contributed by atoms with E-state index in [2.05, 4.69) is 5.32 Å². The van der Waals surface area contributed by atoms with E-state index in [0.717, 1.165) is 25.7 Å². The fraction of sp³-hybridized carbons (Fsp3) is 0.857. The van der Waals surface area contributed by atoms with Crippen molar-refractivity contribution < 1.29 is 14.7 Å². The van der Waals surface area contributed by atoms with Crippen LogP contribution in [0.2, 0.25) is 0 Å². The van der Waals surface area contributed by atoms with Gasteiger partial charge in [-0.05, 0) is 44.4 Å². The smallest absolute Gasteiger partial charge is 0.323 e. The zero-order chi connectivity index (χ0) is 13.4. The first kappa shape index (κ1) is 12.9. The lowest BCUT2D eigenvalue weighted by Crippen LogP contribution is -2.42. The molecule has 1 saturated carbocycles. The number of aliphatic carboxylic acids is 1. The molecule has 1 amide bonds. The highest BCUT2D eigenvalue weighted by molar-refractivity contribution is 5.82. The average Bonchev–Trinajstić information content (AvgIpc) is 3.12. The fourth-order valence-electron chi connectivity index (χ4n) is 3.66. The Morgan fingerprint density at radius 1 is 1.11 bits per heavy atom. The minimum Gasteiger partial charge on any atom is -0.480 e. The van der Waals surface area contributed by atoms with Gasteiger partial charge in [0.1, 0.15) is 6.54 Å². The second kappa shape index (κ2) is 5.12. The van der Waals surface area contributed by atoms with Crippen LogP contribution in [0.15, 0.2) is 0 Å². The molecule has 0 aromatic rings. The number of piperidine rings is 1. The number of carbonyl (C=O) groups is 2. The molecule has 2 bridgehead atoms. The van der Waals surface area contributed by atoms with Gasteiger partial charge in [-0.2, -0.15) is 0 Å². The Morgan fingerprint density at radius 2 is 1.74 bits per heavy atom. The van der Waals surface area contributed by atoms with Gasteiger partial charge in [-0.1, -0.05) is 0 Å². The van der Waals surface area contributed by atoms with E-state index in [0.29, 0.717) is 24.4 Å². The SMILES string of the molecule is O=C(O)CN(C(=O)CC1CC2CCC(C1)N2)C1CC1. The number of hydrogen-bond acceptors (Lipinski definition) is 3. The van der Waals surface area contributed by atoms with Crippen LogP contribution < -0.4 is 5.32 Å². The Balaban J connectivity index is 1.55. The van der Waals surface area contributed by atoms with Gasteiger partial charge in [0, 0.05) is 24.5 Å². The number of carbonyl (C=O) groups excluding carboxylic acids is 1. The minimum absolute atomic E-state index is 0.0520. The van der Waals surface area contributed by atoms with Crippen LogP contribution in [-0.2, 0) is 9.59 Å². The van der Waals surface area contributed by atoms with E-state index < -0.39 is 5.97 Å². The van der Waals surface area contributed by atoms with E-state index in [4.69, 9.17) is 5.11 Å². The zero-order valence-electron chi connectivity index (χ0n) is 11.2. The lowest BCUT2D eigenvalue weighted by molar-refractivity contribution is -0.145. The Hall–Kier alpha value is -1.10. The highest BCUT2D eigenvalue weighted by Crippen LogP contribution is 2.34. The van der Waals surface area contributed by atoms with Crippen LogP contribution in [0, 0.1) is 5.92 Å². The maximum absolute atomic E-state index is 12.3. The molecule has 5 heteroatoms. The number of nitrogens with zero attached hydrogens (tertiary/aromatic N) is 1. The summed E-state index contributed by atoms with van der Waals surface area (Å²) in [5.41, 5.74) is 0. The number of carboxylic acid groups (broad SMARTS) is 1. The van der Waals surface area contributed by atoms with Gasteiger partial charge < -0.3 is 15.3 Å². The largest absolute Gasteiger partial charge is 0.480 e. The summed E-state index contributed by atoms with van der Waals surface area (Å²) >= 11 is 0. The van der Waals surface area contributed by atoms with E-state index in [1.54, 1.807) is 4.90 Å². The Labute approximate surface area is 113 Å². The second-order valence-corrected chi connectivity index (χ2v) is 6.33. The Morgan fingerprint density at radius 3 is 2.26 bits per heavy atom. The van der Waals surface area contributed by atoms with Crippen molar-refractivity contribution in [2.75, 3.05) is 6.54 Å². The van der Waals surface area contributed by atoms with Crippen molar-refractivity contribution in [2.45, 2.75) is 63.1 Å². The summed E-state index contributed by atoms with van der Waals surface area (Å²) in [4.78, 5) is 24.7. The second-order valence-electron chi connectivity index (χ2n) is 6.33. The molecule has 0 spiro atoms. The normalized spacial score (nSPS) is 33.2. The number of fused-ring (bicyclic) bond motifs is 2. The third kappa shape index (κ3) is 3.08. The number of carboxylic acids is 1. The molecule has 3 aliphatic rings. The van der Waals surface area contributed by atoms with Gasteiger partial charge in [0.15, 0.2) is 0 Å². The van der Waals surface area contributed by atoms with E-state index in [9.17, 15) is 9.59 Å². The molecule has 0 aromatic carbocycles. The highest BCUT2D eigenvalue weighted by atomic mass is 16.4. The molecule has 2 saturated heterocycles. The maximum Gasteiger partial charge on any atom is 0.323 e. The van der Waals surface area contributed by atoms with Crippen molar-refractivity contribution in [3.8, 4) is 0 Å². The topological polar surface area (TPSA) is 69.6 Å². The summed E-state index contributed by atoms with van der Waals surface area (Å²) < 4.78 is 0. The molecule has 106 valence electrons. The van der Waals surface area contributed by atoms with E-state index in [1.807, 2.05) is 0 Å². The van der Waals surface area contributed by atoms with Crippen LogP contribution in [0.4, 0.5) is 0 Å². The van der Waals surface area contributed by atoms with Gasteiger partial charge >= 0.3 is 5.97 Å². The maximum atomic E-state index is 12.3. The fourth-order valence-corrected chi connectivity index (χ4v) is 3.66. The molecule has 5 nitrogen and oxygen atoms in total. The van der Waals surface area contributed by atoms with Crippen molar-refractivity contribution in [1.82, 2.24) is 10.2 Å². The molecular weight excluding hydrogens is 244 g/mol. The van der Waals surface area contributed by atoms with Crippen LogP contribution in [0.3, 0.4) is 0 Å². The number of nitrogens with one attached hydrogen (secondary N) is 1. The predicted octanol–water partition coefficient (Wildman–Crippen LogP) is 0.983. The van der Waals surface area contributed by atoms with Crippen molar-refractivity contribution >= 4 is 11.9 Å². The van der Waals surface area contributed by atoms with Gasteiger partial charge in [0.05, 0.1) is 0 Å². The summed E-state index contributed by atoms with van der Waals surface area (Å²) in [6.45, 7) is -0.124. The lowest BCUT2D eigenvalue weighted by atomic mass is 9.89. The molecule has 0 radical (unpaired) electrons. The molecule has 2 aliphatic heterocycles. The van der Waals surface area contributed by atoms with Crippen molar-refractivity contribution in [3.05, 3.63) is 0 Å². The molecule has 0 aromatic heterocycles. The Kier molecular flexibility index (Phi) is 3.48. The third-order valence-electron chi connectivity index (χ3n) is 4.65. The quantitative estimate of drug-likeness (QED) is 0.778. The first-order chi connectivity index (χ1) is 9.11. The average molecular weight is 266 g/mol. The first-order valence-corrected chi connectivity index (χ1v) is 7.39. The van der Waals surface area contributed by atoms with Gasteiger partial charge in [-0.15, -0.1) is 0 Å². The number of rotatable bonds is 5. The number of hydrogen-bond donors (Lipinski definition) is 2. The van der Waals surface area contributed by atoms with Crippen molar-refractivity contribution in [1.29, 1.82) is 0 Å². The third-order valence-corrected chi connectivity index (χ3v) is 4.65. The van der Waals surface area contributed by atoms with Crippen LogP contribution in [0.5, 0.6) is 0 Å². The molecule has 2 unspecified atom stereocenters. The lowest BCUT2D eigenvalue weighted by Gasteiger charge is -2.30. The van der Waals surface area contributed by atoms with Crippen LogP contribution in [0.25, 0.3) is 0 Å². The number of amides is 1. The molecule has 2 heterocycles. The molecule has 1 aliphatic carbocycles. The summed E-state index contributed by atoms with van der Waals surface area (Å²) in [5.74, 6) is -0.400. The van der Waals surface area contributed by atoms with E-state index >= 15 is 0 Å². The van der Waals surface area contributed by atoms with Gasteiger partial charge in [0.25, 0.3) is 0 Å². The minimum atomic E-state index is -0.898. The summed E-state index contributed by atoms with van der Waals surface area (Å²) in [7, 11) is 0. The molecule has 2 N–H and O–H groups in total. The molecule has 3 fully saturated rings. The standard InChI is InChI=1S/C14H22N2O3/c17-13(16(8-14(18)19)12-3-4-12)7-9-5-10-1-2-11(6-9)15-10/h9-12,15H,1-8H2,(H,18,19). The molecule has 2 atom stereocenters. The van der Waals surface area contributed by atoms with Gasteiger partial charge in [-0.25, -0.2) is 0 Å². The summed E-state index contributed by atoms with van der Waals surface area (Å²) in [6, 6.07) is 1.37. The van der Waals surface area contributed by atoms with Gasteiger partial charge in [-0.3, -0.25) is 9.59 Å². The van der Waals surface area contributed by atoms with E-state index in [1.165, 1.54) is 12.8 Å². The zero-order valence-corrected chi connectivity index (χ0v) is 11.2. The first-order valence-electron chi connectivity index (χ1n) is 7.39. The summed E-state index contributed by atoms with van der Waals surface area (Å²) in [6.07, 6.45) is 7.10. The molecular formula is C14H22N2O3. The predicted molar refractivity (Wildman–Crippen MR) is 69.7 cm³/mol. The van der Waals surface area contributed by atoms with Crippen LogP contribution in [0.1, 0.15) is 44.9 Å². The van der Waals surface area contributed by atoms with Gasteiger partial charge in [0.2, 0.25) is 5.91 Å². The Bertz CT molecular complexity index is 369. The molecule has 3 rings (SSSR count). The monoisotopic (exact) mass is 266 g/mol. The van der Waals surface area contributed by atoms with Crippen molar-refractivity contribution in [3.63, 3.8) is 0 Å².